The number of hydrogen-bond donors (Lipinski definition) is 1. The number of thioether (sulfide) groups is 1. The Labute approximate surface area is 76.4 Å². The molecule has 0 amide bonds. The third kappa shape index (κ3) is 1.15. The zero-order valence-electron chi connectivity index (χ0n) is 7.21. The van der Waals surface area contributed by atoms with Crippen molar-refractivity contribution in [1.29, 1.82) is 0 Å². The van der Waals surface area contributed by atoms with Gasteiger partial charge in [-0.3, -0.25) is 0 Å². The van der Waals surface area contributed by atoms with Gasteiger partial charge in [0.2, 0.25) is 0 Å². The second kappa shape index (κ2) is 3.11. The van der Waals surface area contributed by atoms with Crippen molar-refractivity contribution >= 4 is 11.8 Å². The molecule has 1 aromatic heterocycles. The van der Waals surface area contributed by atoms with Crippen LogP contribution in [0, 0.1) is 6.92 Å². The minimum atomic E-state index is 0.719. The van der Waals surface area contributed by atoms with E-state index in [2.05, 4.69) is 16.5 Å². The highest BCUT2D eigenvalue weighted by molar-refractivity contribution is 7.99. The summed E-state index contributed by atoms with van der Waals surface area (Å²) in [4.78, 5) is 4.48. The first kappa shape index (κ1) is 8.13. The van der Waals surface area contributed by atoms with Gasteiger partial charge >= 0.3 is 0 Å². The predicted molar refractivity (Wildman–Crippen MR) is 50.4 cm³/mol. The molecule has 1 aromatic rings. The fourth-order valence-electron chi connectivity index (χ4n) is 1.60. The first-order chi connectivity index (χ1) is 5.83. The number of aryl methyl sites for hydroxylation is 1. The molecular weight excluding hydrogens is 170 g/mol. The molecule has 4 heteroatoms. The van der Waals surface area contributed by atoms with Crippen LogP contribution >= 0.6 is 11.8 Å². The van der Waals surface area contributed by atoms with Gasteiger partial charge in [-0.2, -0.15) is 0 Å². The number of nitrogens with two attached hydrogens (primary N) is 1. The van der Waals surface area contributed by atoms with Crippen LogP contribution in [0.3, 0.4) is 0 Å². The van der Waals surface area contributed by atoms with Crippen molar-refractivity contribution < 1.29 is 0 Å². The lowest BCUT2D eigenvalue weighted by atomic mass is 10.2. The molecule has 12 heavy (non-hydrogen) atoms. The summed E-state index contributed by atoms with van der Waals surface area (Å²) in [6.07, 6.45) is 0.958. The third-order valence-corrected chi connectivity index (χ3v) is 3.12. The number of nitrogens with zero attached hydrogens (tertiary/aromatic N) is 2. The van der Waals surface area contributed by atoms with E-state index >= 15 is 0 Å². The van der Waals surface area contributed by atoms with Crippen molar-refractivity contribution in [1.82, 2.24) is 9.55 Å². The molecule has 1 aliphatic rings. The maximum absolute atomic E-state index is 5.53. The largest absolute Gasteiger partial charge is 0.330 e. The molecule has 1 aliphatic heterocycles. The fourth-order valence-corrected chi connectivity index (χ4v) is 2.62. The monoisotopic (exact) mass is 183 g/mol. The predicted octanol–water partition coefficient (Wildman–Crippen LogP) is 0.798. The van der Waals surface area contributed by atoms with Crippen LogP contribution in [0.15, 0.2) is 5.16 Å². The molecule has 2 heterocycles. The summed E-state index contributed by atoms with van der Waals surface area (Å²) in [6, 6.07) is 0. The van der Waals surface area contributed by atoms with E-state index in [1.54, 1.807) is 0 Å². The quantitative estimate of drug-likeness (QED) is 0.737. The van der Waals surface area contributed by atoms with Gasteiger partial charge in [-0.15, -0.1) is 0 Å². The Morgan fingerprint density at radius 1 is 1.67 bits per heavy atom. The molecule has 0 atom stereocenters. The number of imidazole rings is 1. The molecule has 0 radical (unpaired) electrons. The normalized spacial score (nSPS) is 15.2. The van der Waals surface area contributed by atoms with E-state index in [9.17, 15) is 0 Å². The lowest BCUT2D eigenvalue weighted by Gasteiger charge is -2.02. The molecule has 0 saturated heterocycles. The van der Waals surface area contributed by atoms with Gasteiger partial charge in [0.15, 0.2) is 5.16 Å². The zero-order valence-corrected chi connectivity index (χ0v) is 8.02. The Morgan fingerprint density at radius 2 is 2.50 bits per heavy atom. The Bertz CT molecular complexity index is 293. The van der Waals surface area contributed by atoms with E-state index in [0.717, 1.165) is 25.2 Å². The van der Waals surface area contributed by atoms with Crippen molar-refractivity contribution in [3.63, 3.8) is 0 Å². The minimum Gasteiger partial charge on any atom is -0.330 e. The summed E-state index contributed by atoms with van der Waals surface area (Å²) < 4.78 is 2.30. The van der Waals surface area contributed by atoms with Crippen LogP contribution in [0.5, 0.6) is 0 Å². The molecule has 3 nitrogen and oxygen atoms in total. The lowest BCUT2D eigenvalue weighted by molar-refractivity contribution is 0.673. The second-order valence-electron chi connectivity index (χ2n) is 2.97. The van der Waals surface area contributed by atoms with Gasteiger partial charge in [-0.05, 0) is 13.5 Å². The molecule has 0 aliphatic carbocycles. The highest BCUT2D eigenvalue weighted by Crippen LogP contribution is 2.27. The van der Waals surface area contributed by atoms with Crippen LogP contribution in [0.1, 0.15) is 11.4 Å². The summed E-state index contributed by atoms with van der Waals surface area (Å²) >= 11 is 1.84. The summed E-state index contributed by atoms with van der Waals surface area (Å²) in [7, 11) is 0. The minimum absolute atomic E-state index is 0.719. The molecule has 0 fully saturated rings. The topological polar surface area (TPSA) is 43.8 Å². The summed E-state index contributed by atoms with van der Waals surface area (Å²) in [5, 5.41) is 1.18. The number of aromatic nitrogens is 2. The van der Waals surface area contributed by atoms with Gasteiger partial charge in [-0.1, -0.05) is 11.8 Å². The smallest absolute Gasteiger partial charge is 0.168 e. The van der Waals surface area contributed by atoms with Crippen LogP contribution in [0.25, 0.3) is 0 Å². The zero-order chi connectivity index (χ0) is 8.55. The fraction of sp³-hybridized carbons (Fsp3) is 0.625. The average Bonchev–Trinajstić information content (AvgIpc) is 2.56. The molecule has 2 N–H and O–H groups in total. The van der Waals surface area contributed by atoms with E-state index in [0.29, 0.717) is 0 Å². The van der Waals surface area contributed by atoms with Gasteiger partial charge in [-0.25, -0.2) is 4.98 Å². The first-order valence-corrected chi connectivity index (χ1v) is 5.20. The van der Waals surface area contributed by atoms with Crippen molar-refractivity contribution in [2.75, 3.05) is 12.3 Å². The lowest BCUT2D eigenvalue weighted by Crippen LogP contribution is -2.09. The Balaban J connectivity index is 2.38. The van der Waals surface area contributed by atoms with Gasteiger partial charge in [0.1, 0.15) is 0 Å². The number of rotatable bonds is 2. The molecule has 2 rings (SSSR count). The van der Waals surface area contributed by atoms with Crippen LogP contribution in [0.4, 0.5) is 0 Å². The van der Waals surface area contributed by atoms with E-state index in [4.69, 9.17) is 5.73 Å². The van der Waals surface area contributed by atoms with E-state index in [1.165, 1.54) is 16.6 Å². The van der Waals surface area contributed by atoms with E-state index < -0.39 is 0 Å². The Morgan fingerprint density at radius 3 is 3.25 bits per heavy atom. The van der Waals surface area contributed by atoms with Crippen LogP contribution in [-0.2, 0) is 13.0 Å². The standard InChI is InChI=1S/C8H13N3S/c1-6-7(2-3-9)11-4-5-12-8(11)10-6/h2-5,9H2,1H3. The molecule has 0 unspecified atom stereocenters. The first-order valence-electron chi connectivity index (χ1n) is 4.22. The molecule has 0 bridgehead atoms. The van der Waals surface area contributed by atoms with Gasteiger partial charge < -0.3 is 10.3 Å². The van der Waals surface area contributed by atoms with Gasteiger partial charge in [0, 0.05) is 24.4 Å². The average molecular weight is 183 g/mol. The molecule has 0 aromatic carbocycles. The maximum Gasteiger partial charge on any atom is 0.168 e. The van der Waals surface area contributed by atoms with Crippen LogP contribution in [0.2, 0.25) is 0 Å². The third-order valence-electron chi connectivity index (χ3n) is 2.16. The van der Waals surface area contributed by atoms with Crippen molar-refractivity contribution in [2.45, 2.75) is 25.0 Å². The van der Waals surface area contributed by atoms with Crippen LogP contribution < -0.4 is 5.73 Å². The number of fused-ring (bicyclic) bond motifs is 1. The van der Waals surface area contributed by atoms with E-state index in [1.807, 2.05) is 11.8 Å². The summed E-state index contributed by atoms with van der Waals surface area (Å²) in [5.74, 6) is 1.17. The van der Waals surface area contributed by atoms with Crippen molar-refractivity contribution in [2.24, 2.45) is 5.73 Å². The van der Waals surface area contributed by atoms with Crippen molar-refractivity contribution in [3.05, 3.63) is 11.4 Å². The molecule has 0 saturated carbocycles. The van der Waals surface area contributed by atoms with Gasteiger partial charge in [0.25, 0.3) is 0 Å². The second-order valence-corrected chi connectivity index (χ2v) is 4.03. The van der Waals surface area contributed by atoms with Gasteiger partial charge in [0.05, 0.1) is 5.69 Å². The molecule has 0 spiro atoms. The van der Waals surface area contributed by atoms with Crippen molar-refractivity contribution in [3.8, 4) is 0 Å². The summed E-state index contributed by atoms with van der Waals surface area (Å²) in [6.45, 7) is 3.89. The van der Waals surface area contributed by atoms with E-state index in [-0.39, 0.29) is 0 Å². The molecular formula is C8H13N3S. The maximum atomic E-state index is 5.53. The Kier molecular flexibility index (Phi) is 2.11. The summed E-state index contributed by atoms with van der Waals surface area (Å²) in [5.41, 5.74) is 8.02. The highest BCUT2D eigenvalue weighted by atomic mass is 32.2. The molecule has 66 valence electrons. The SMILES string of the molecule is Cc1nc2n(c1CCN)CCS2. The number of hydrogen-bond acceptors (Lipinski definition) is 3. The Hall–Kier alpha value is -0.480. The van der Waals surface area contributed by atoms with Crippen LogP contribution in [-0.4, -0.2) is 21.8 Å². The highest BCUT2D eigenvalue weighted by Gasteiger charge is 2.18.